The zero-order chi connectivity index (χ0) is 14.9. The normalized spacial score (nSPS) is 20.2. The maximum atomic E-state index is 12.7. The van der Waals surface area contributed by atoms with Crippen LogP contribution in [0.3, 0.4) is 0 Å². The minimum Gasteiger partial charge on any atom is -0.166 e. The van der Waals surface area contributed by atoms with E-state index in [-0.39, 0.29) is 0 Å². The van der Waals surface area contributed by atoms with Crippen molar-refractivity contribution < 1.29 is 13.2 Å². The molecule has 0 amide bonds. The maximum Gasteiger partial charge on any atom is 0.416 e. The van der Waals surface area contributed by atoms with Crippen LogP contribution in [-0.4, -0.2) is 0 Å². The van der Waals surface area contributed by atoms with Crippen LogP contribution in [0.25, 0.3) is 0 Å². The van der Waals surface area contributed by atoms with E-state index in [1.54, 1.807) is 6.07 Å². The van der Waals surface area contributed by atoms with Crippen LogP contribution in [0.1, 0.15) is 30.5 Å². The molecule has 0 aliphatic heterocycles. The average Bonchev–Trinajstić information content (AvgIpc) is 2.80. The van der Waals surface area contributed by atoms with Gasteiger partial charge in [-0.3, -0.25) is 0 Å². The van der Waals surface area contributed by atoms with Gasteiger partial charge in [-0.25, -0.2) is 0 Å². The van der Waals surface area contributed by atoms with Gasteiger partial charge in [-0.05, 0) is 61.9 Å². The van der Waals surface area contributed by atoms with Crippen LogP contribution in [0, 0.1) is 5.92 Å². The van der Waals surface area contributed by atoms with Crippen molar-refractivity contribution in [3.8, 4) is 0 Å². The van der Waals surface area contributed by atoms with E-state index < -0.39 is 11.7 Å². The average molecular weight is 345 g/mol. The van der Waals surface area contributed by atoms with Crippen LogP contribution in [0.4, 0.5) is 13.2 Å². The van der Waals surface area contributed by atoms with Crippen molar-refractivity contribution in [2.45, 2.75) is 32.9 Å². The molecule has 1 aromatic carbocycles. The van der Waals surface area contributed by atoms with Crippen molar-refractivity contribution >= 4 is 15.9 Å². The molecule has 2 rings (SSSR count). The number of fused-ring (bicyclic) bond motifs is 1. The Morgan fingerprint density at radius 3 is 2.50 bits per heavy atom. The fraction of sp³-hybridized carbons (Fsp3) is 0.375. The quantitative estimate of drug-likeness (QED) is 0.606. The molecule has 0 nitrogen and oxygen atoms in total. The van der Waals surface area contributed by atoms with Gasteiger partial charge >= 0.3 is 6.18 Å². The fourth-order valence-electron chi connectivity index (χ4n) is 2.54. The number of rotatable bonds is 2. The van der Waals surface area contributed by atoms with Crippen LogP contribution in [0.15, 0.2) is 40.4 Å². The second-order valence-corrected chi connectivity index (χ2v) is 6.06. The molecule has 0 heterocycles. The Labute approximate surface area is 125 Å². The van der Waals surface area contributed by atoms with Crippen molar-refractivity contribution in [3.05, 3.63) is 57.1 Å². The first-order valence-electron chi connectivity index (χ1n) is 6.50. The van der Waals surface area contributed by atoms with E-state index in [1.807, 2.05) is 26.0 Å². The number of halogens is 4. The van der Waals surface area contributed by atoms with Crippen LogP contribution in [-0.2, 0) is 19.0 Å². The summed E-state index contributed by atoms with van der Waals surface area (Å²) in [5, 5.41) is 0. The number of hydrogen-bond acceptors (Lipinski definition) is 0. The third kappa shape index (κ3) is 3.35. The predicted molar refractivity (Wildman–Crippen MR) is 78.8 cm³/mol. The zero-order valence-electron chi connectivity index (χ0n) is 11.4. The van der Waals surface area contributed by atoms with Gasteiger partial charge in [-0.2, -0.15) is 13.2 Å². The molecule has 0 N–H and O–H groups in total. The van der Waals surface area contributed by atoms with Gasteiger partial charge in [0.25, 0.3) is 0 Å². The van der Waals surface area contributed by atoms with Crippen molar-refractivity contribution in [3.63, 3.8) is 0 Å². The Balaban J connectivity index is 2.22. The zero-order valence-corrected chi connectivity index (χ0v) is 13.0. The van der Waals surface area contributed by atoms with Gasteiger partial charge in [0.05, 0.1) is 5.56 Å². The molecule has 0 bridgehead atoms. The van der Waals surface area contributed by atoms with E-state index in [4.69, 9.17) is 0 Å². The fourth-order valence-corrected chi connectivity index (χ4v) is 2.90. The van der Waals surface area contributed by atoms with Crippen LogP contribution in [0.5, 0.6) is 0 Å². The lowest BCUT2D eigenvalue weighted by atomic mass is 9.97. The lowest BCUT2D eigenvalue weighted by molar-refractivity contribution is -0.137. The van der Waals surface area contributed by atoms with Gasteiger partial charge in [0.15, 0.2) is 0 Å². The Kier molecular flexibility index (Phi) is 4.43. The smallest absolute Gasteiger partial charge is 0.166 e. The van der Waals surface area contributed by atoms with Crippen molar-refractivity contribution in [2.24, 2.45) is 5.92 Å². The summed E-state index contributed by atoms with van der Waals surface area (Å²) in [6, 6.07) is 4.10. The van der Waals surface area contributed by atoms with Gasteiger partial charge in [0.2, 0.25) is 0 Å². The van der Waals surface area contributed by atoms with Crippen LogP contribution in [0.2, 0.25) is 0 Å². The molecule has 20 heavy (non-hydrogen) atoms. The Hall–Kier alpha value is -1.03. The van der Waals surface area contributed by atoms with Crippen molar-refractivity contribution in [2.75, 3.05) is 0 Å². The van der Waals surface area contributed by atoms with Gasteiger partial charge in [-0.1, -0.05) is 33.6 Å². The van der Waals surface area contributed by atoms with Crippen molar-refractivity contribution in [1.29, 1.82) is 0 Å². The standard InChI is InChI=1S/C16H16BrF3/c1-3-15(17)6-10(2)12-7-11-4-5-14(16(18,19)20)9-13(11)8-12/h3-6,9,12H,7-8H2,1-2H3/b10-6+,15-3+. The first-order valence-corrected chi connectivity index (χ1v) is 7.29. The monoisotopic (exact) mass is 344 g/mol. The predicted octanol–water partition coefficient (Wildman–Crippen LogP) is 5.67. The highest BCUT2D eigenvalue weighted by Crippen LogP contribution is 2.36. The highest BCUT2D eigenvalue weighted by atomic mass is 79.9. The number of hydrogen-bond donors (Lipinski definition) is 0. The number of benzene rings is 1. The number of allylic oxidation sites excluding steroid dienone is 4. The summed E-state index contributed by atoms with van der Waals surface area (Å²) in [7, 11) is 0. The molecule has 4 heteroatoms. The summed E-state index contributed by atoms with van der Waals surface area (Å²) in [5.74, 6) is 0.293. The summed E-state index contributed by atoms with van der Waals surface area (Å²) in [5.41, 5.74) is 2.51. The van der Waals surface area contributed by atoms with Gasteiger partial charge in [0, 0.05) is 4.48 Å². The minimum atomic E-state index is -4.26. The highest BCUT2D eigenvalue weighted by Gasteiger charge is 2.32. The second kappa shape index (κ2) is 5.76. The first kappa shape index (κ1) is 15.4. The summed E-state index contributed by atoms with van der Waals surface area (Å²) in [6.07, 6.45) is 1.24. The van der Waals surface area contributed by atoms with E-state index in [1.165, 1.54) is 17.7 Å². The summed E-state index contributed by atoms with van der Waals surface area (Å²) in [6.45, 7) is 3.97. The summed E-state index contributed by atoms with van der Waals surface area (Å²) < 4.78 is 39.1. The molecule has 1 aliphatic rings. The summed E-state index contributed by atoms with van der Waals surface area (Å²) >= 11 is 3.43. The lowest BCUT2D eigenvalue weighted by Gasteiger charge is -2.09. The Morgan fingerprint density at radius 2 is 1.90 bits per heavy atom. The third-order valence-corrected chi connectivity index (χ3v) is 4.44. The Morgan fingerprint density at radius 1 is 1.25 bits per heavy atom. The summed E-state index contributed by atoms with van der Waals surface area (Å²) in [4.78, 5) is 0. The molecule has 0 aromatic heterocycles. The maximum absolute atomic E-state index is 12.7. The van der Waals surface area contributed by atoms with Crippen molar-refractivity contribution in [1.82, 2.24) is 0 Å². The highest BCUT2D eigenvalue weighted by molar-refractivity contribution is 9.11. The molecule has 1 aliphatic carbocycles. The van der Waals surface area contributed by atoms with Crippen LogP contribution < -0.4 is 0 Å². The molecular weight excluding hydrogens is 329 g/mol. The van der Waals surface area contributed by atoms with Gasteiger partial charge < -0.3 is 0 Å². The molecule has 0 fully saturated rings. The second-order valence-electron chi connectivity index (χ2n) is 5.15. The first-order chi connectivity index (χ1) is 9.31. The minimum absolute atomic E-state index is 0.293. The molecular formula is C16H16BrF3. The molecule has 0 saturated carbocycles. The molecule has 1 atom stereocenters. The largest absolute Gasteiger partial charge is 0.416 e. The topological polar surface area (TPSA) is 0 Å². The molecule has 108 valence electrons. The Bertz CT molecular complexity index is 568. The van der Waals surface area contributed by atoms with E-state index in [0.29, 0.717) is 12.3 Å². The van der Waals surface area contributed by atoms with E-state index in [9.17, 15) is 13.2 Å². The molecule has 1 unspecified atom stereocenters. The molecule has 0 spiro atoms. The SMILES string of the molecule is C/C=C(Br)\C=C(/C)C1Cc2ccc(C(F)(F)F)cc2C1. The van der Waals surface area contributed by atoms with E-state index in [0.717, 1.165) is 22.0 Å². The third-order valence-electron chi connectivity index (χ3n) is 3.75. The van der Waals surface area contributed by atoms with E-state index in [2.05, 4.69) is 15.9 Å². The lowest BCUT2D eigenvalue weighted by Crippen LogP contribution is -2.05. The molecule has 0 radical (unpaired) electrons. The van der Waals surface area contributed by atoms with Gasteiger partial charge in [0.1, 0.15) is 0 Å². The van der Waals surface area contributed by atoms with Crippen LogP contribution >= 0.6 is 15.9 Å². The molecule has 0 saturated heterocycles. The molecule has 1 aromatic rings. The van der Waals surface area contributed by atoms with Gasteiger partial charge in [-0.15, -0.1) is 0 Å². The van der Waals surface area contributed by atoms with E-state index >= 15 is 0 Å². The number of alkyl halides is 3.